The average Bonchev–Trinajstić information content (AvgIpc) is 2.72. The Hall–Kier alpha value is -2.73. The number of hydrogen-bond donors (Lipinski definition) is 1. The Balaban J connectivity index is 1.68. The molecule has 6 nitrogen and oxygen atoms in total. The predicted molar refractivity (Wildman–Crippen MR) is 105 cm³/mol. The van der Waals surface area contributed by atoms with Crippen LogP contribution in [0.5, 0.6) is 17.2 Å². The number of para-hydroxylation sites is 1. The first kappa shape index (κ1) is 19.0. The molecular weight excluding hydrogens is 344 g/mol. The van der Waals surface area contributed by atoms with E-state index in [1.54, 1.807) is 21.3 Å². The number of anilines is 1. The van der Waals surface area contributed by atoms with E-state index in [0.29, 0.717) is 23.8 Å². The van der Waals surface area contributed by atoms with Crippen molar-refractivity contribution in [1.82, 2.24) is 5.32 Å². The first-order chi connectivity index (χ1) is 13.2. The molecule has 0 unspecified atom stereocenters. The molecule has 0 fully saturated rings. The van der Waals surface area contributed by atoms with Crippen LogP contribution < -0.4 is 24.4 Å². The molecule has 27 heavy (non-hydrogen) atoms. The van der Waals surface area contributed by atoms with Gasteiger partial charge in [-0.3, -0.25) is 4.79 Å². The monoisotopic (exact) mass is 370 g/mol. The lowest BCUT2D eigenvalue weighted by molar-refractivity contribution is -0.117. The van der Waals surface area contributed by atoms with E-state index < -0.39 is 0 Å². The Morgan fingerprint density at radius 2 is 1.78 bits per heavy atom. The number of hydrogen-bond acceptors (Lipinski definition) is 5. The van der Waals surface area contributed by atoms with Crippen LogP contribution in [0.15, 0.2) is 36.4 Å². The number of amides is 1. The highest BCUT2D eigenvalue weighted by Crippen LogP contribution is 2.34. The molecule has 1 aliphatic rings. The number of benzene rings is 2. The molecule has 0 aliphatic carbocycles. The Kier molecular flexibility index (Phi) is 6.19. The van der Waals surface area contributed by atoms with E-state index in [0.717, 1.165) is 30.6 Å². The lowest BCUT2D eigenvalue weighted by Gasteiger charge is -2.29. The van der Waals surface area contributed by atoms with Gasteiger partial charge in [0.05, 0.1) is 33.4 Å². The van der Waals surface area contributed by atoms with Crippen molar-refractivity contribution in [1.29, 1.82) is 0 Å². The van der Waals surface area contributed by atoms with E-state index in [2.05, 4.69) is 11.4 Å². The zero-order valence-electron chi connectivity index (χ0n) is 16.1. The molecule has 1 aliphatic heterocycles. The first-order valence-electron chi connectivity index (χ1n) is 9.05. The standard InChI is InChI=1S/C21H26N2O4/c1-25-16-11-19(26-2)17(20(12-16)27-3)13-22-14-21(24)23-10-6-8-15-7-4-5-9-18(15)23/h4-5,7,9,11-12,22H,6,8,10,13-14H2,1-3H3. The highest BCUT2D eigenvalue weighted by Gasteiger charge is 2.22. The third-order valence-corrected chi connectivity index (χ3v) is 4.81. The van der Waals surface area contributed by atoms with Gasteiger partial charge in [0.25, 0.3) is 0 Å². The molecule has 0 saturated heterocycles. The summed E-state index contributed by atoms with van der Waals surface area (Å²) in [4.78, 5) is 14.6. The molecule has 0 spiro atoms. The second kappa shape index (κ2) is 8.77. The summed E-state index contributed by atoms with van der Waals surface area (Å²) >= 11 is 0. The summed E-state index contributed by atoms with van der Waals surface area (Å²) in [5.41, 5.74) is 3.11. The van der Waals surface area contributed by atoms with E-state index in [1.807, 2.05) is 35.2 Å². The van der Waals surface area contributed by atoms with Gasteiger partial charge in [0.2, 0.25) is 5.91 Å². The topological polar surface area (TPSA) is 60.0 Å². The Morgan fingerprint density at radius 3 is 2.44 bits per heavy atom. The first-order valence-corrected chi connectivity index (χ1v) is 9.05. The van der Waals surface area contributed by atoms with E-state index in [9.17, 15) is 4.79 Å². The number of nitrogens with one attached hydrogen (secondary N) is 1. The molecule has 3 rings (SSSR count). The summed E-state index contributed by atoms with van der Waals surface area (Å²) in [5.74, 6) is 2.05. The average molecular weight is 370 g/mol. The number of methoxy groups -OCH3 is 3. The maximum atomic E-state index is 12.7. The van der Waals surface area contributed by atoms with Crippen molar-refractivity contribution in [2.75, 3.05) is 39.3 Å². The molecule has 1 heterocycles. The fourth-order valence-corrected chi connectivity index (χ4v) is 3.43. The van der Waals surface area contributed by atoms with Gasteiger partial charge in [0.15, 0.2) is 0 Å². The van der Waals surface area contributed by atoms with Crippen LogP contribution in [0.2, 0.25) is 0 Å². The van der Waals surface area contributed by atoms with Gasteiger partial charge >= 0.3 is 0 Å². The van der Waals surface area contributed by atoms with Gasteiger partial charge < -0.3 is 24.4 Å². The zero-order valence-corrected chi connectivity index (χ0v) is 16.1. The van der Waals surface area contributed by atoms with E-state index in [1.165, 1.54) is 5.56 Å². The Labute approximate surface area is 160 Å². The molecule has 0 bridgehead atoms. The molecule has 1 amide bonds. The zero-order chi connectivity index (χ0) is 19.2. The minimum Gasteiger partial charge on any atom is -0.496 e. The highest BCUT2D eigenvalue weighted by atomic mass is 16.5. The molecule has 1 N–H and O–H groups in total. The smallest absolute Gasteiger partial charge is 0.240 e. The summed E-state index contributed by atoms with van der Waals surface area (Å²) in [6.45, 7) is 1.46. The fraction of sp³-hybridized carbons (Fsp3) is 0.381. The summed E-state index contributed by atoms with van der Waals surface area (Å²) in [7, 11) is 4.81. The van der Waals surface area contributed by atoms with Gasteiger partial charge in [-0.2, -0.15) is 0 Å². The van der Waals surface area contributed by atoms with Gasteiger partial charge in [-0.05, 0) is 24.5 Å². The number of carbonyl (C=O) groups excluding carboxylic acids is 1. The number of aryl methyl sites for hydroxylation is 1. The Morgan fingerprint density at radius 1 is 1.07 bits per heavy atom. The third-order valence-electron chi connectivity index (χ3n) is 4.81. The normalized spacial score (nSPS) is 13.1. The second-order valence-corrected chi connectivity index (χ2v) is 6.39. The van der Waals surface area contributed by atoms with Crippen LogP contribution in [-0.2, 0) is 17.8 Å². The van der Waals surface area contributed by atoms with E-state index in [-0.39, 0.29) is 12.5 Å². The van der Waals surface area contributed by atoms with Crippen molar-refractivity contribution in [2.45, 2.75) is 19.4 Å². The summed E-state index contributed by atoms with van der Waals surface area (Å²) in [6, 6.07) is 11.7. The third kappa shape index (κ3) is 4.17. The minimum atomic E-state index is 0.0635. The molecule has 0 atom stereocenters. The quantitative estimate of drug-likeness (QED) is 0.812. The summed E-state index contributed by atoms with van der Waals surface area (Å²) in [6.07, 6.45) is 2.01. The van der Waals surface area contributed by atoms with Crippen molar-refractivity contribution in [3.05, 3.63) is 47.5 Å². The summed E-state index contributed by atoms with van der Waals surface area (Å²) in [5, 5.41) is 3.22. The lowest BCUT2D eigenvalue weighted by atomic mass is 10.0. The van der Waals surface area contributed by atoms with Crippen LogP contribution in [-0.4, -0.2) is 40.3 Å². The fourth-order valence-electron chi connectivity index (χ4n) is 3.43. The summed E-state index contributed by atoms with van der Waals surface area (Å²) < 4.78 is 16.2. The largest absolute Gasteiger partial charge is 0.496 e. The van der Waals surface area contributed by atoms with Crippen molar-refractivity contribution >= 4 is 11.6 Å². The van der Waals surface area contributed by atoms with E-state index in [4.69, 9.17) is 14.2 Å². The number of rotatable bonds is 7. The molecule has 0 saturated carbocycles. The van der Waals surface area contributed by atoms with Crippen molar-refractivity contribution < 1.29 is 19.0 Å². The maximum absolute atomic E-state index is 12.7. The van der Waals surface area contributed by atoms with Gasteiger partial charge in [-0.25, -0.2) is 0 Å². The predicted octanol–water partition coefficient (Wildman–Crippen LogP) is 2.78. The number of nitrogens with zero attached hydrogens (tertiary/aromatic N) is 1. The minimum absolute atomic E-state index is 0.0635. The lowest BCUT2D eigenvalue weighted by Crippen LogP contribution is -2.41. The molecule has 0 aromatic heterocycles. The van der Waals surface area contributed by atoms with Gasteiger partial charge in [-0.15, -0.1) is 0 Å². The molecule has 6 heteroatoms. The SMILES string of the molecule is COc1cc(OC)c(CNCC(=O)N2CCCc3ccccc32)c(OC)c1. The van der Waals surface area contributed by atoms with Crippen molar-refractivity contribution in [3.63, 3.8) is 0 Å². The highest BCUT2D eigenvalue weighted by molar-refractivity contribution is 5.95. The van der Waals surface area contributed by atoms with Crippen LogP contribution in [0, 0.1) is 0 Å². The molecular formula is C21H26N2O4. The number of carbonyl (C=O) groups is 1. The van der Waals surface area contributed by atoms with Crippen LogP contribution in [0.1, 0.15) is 17.5 Å². The van der Waals surface area contributed by atoms with Crippen LogP contribution in [0.4, 0.5) is 5.69 Å². The van der Waals surface area contributed by atoms with Gasteiger partial charge in [0, 0.05) is 30.9 Å². The van der Waals surface area contributed by atoms with Gasteiger partial charge in [0.1, 0.15) is 17.2 Å². The molecule has 144 valence electrons. The van der Waals surface area contributed by atoms with Crippen LogP contribution in [0.3, 0.4) is 0 Å². The molecule has 0 radical (unpaired) electrons. The molecule has 2 aromatic rings. The Bertz CT molecular complexity index is 782. The molecule has 2 aromatic carbocycles. The van der Waals surface area contributed by atoms with Crippen molar-refractivity contribution in [3.8, 4) is 17.2 Å². The number of ether oxygens (including phenoxy) is 3. The van der Waals surface area contributed by atoms with Crippen molar-refractivity contribution in [2.24, 2.45) is 0 Å². The van der Waals surface area contributed by atoms with Crippen LogP contribution >= 0.6 is 0 Å². The second-order valence-electron chi connectivity index (χ2n) is 6.39. The van der Waals surface area contributed by atoms with E-state index >= 15 is 0 Å². The van der Waals surface area contributed by atoms with Crippen LogP contribution in [0.25, 0.3) is 0 Å². The number of fused-ring (bicyclic) bond motifs is 1. The van der Waals surface area contributed by atoms with Gasteiger partial charge in [-0.1, -0.05) is 18.2 Å². The maximum Gasteiger partial charge on any atom is 0.240 e.